The number of aryl methyl sites for hydroxylation is 2. The van der Waals surface area contributed by atoms with E-state index in [0.29, 0.717) is 5.69 Å². The highest BCUT2D eigenvalue weighted by Gasteiger charge is 2.29. The van der Waals surface area contributed by atoms with Gasteiger partial charge in [-0.3, -0.25) is 4.79 Å². The van der Waals surface area contributed by atoms with Crippen LogP contribution in [0.5, 0.6) is 0 Å². The van der Waals surface area contributed by atoms with Crippen LogP contribution < -0.4 is 0 Å². The number of benzene rings is 1. The zero-order chi connectivity index (χ0) is 14.3. The molecular weight excluding hydrogens is 252 g/mol. The summed E-state index contributed by atoms with van der Waals surface area (Å²) in [5.74, 6) is -0.00481. The monoisotopic (exact) mass is 272 g/mol. The molecule has 1 amide bonds. The maximum absolute atomic E-state index is 12.6. The third-order valence-corrected chi connectivity index (χ3v) is 4.42. The van der Waals surface area contributed by atoms with Gasteiger partial charge in [0.2, 0.25) is 0 Å². The van der Waals surface area contributed by atoms with Crippen LogP contribution in [0.4, 0.5) is 0 Å². The number of nitrogens with one attached hydrogen (secondary N) is 1. The molecule has 1 atom stereocenters. The van der Waals surface area contributed by atoms with Gasteiger partial charge in [-0.25, -0.2) is 0 Å². The number of aliphatic hydroxyl groups excluding tert-OH is 1. The van der Waals surface area contributed by atoms with Crippen molar-refractivity contribution in [2.75, 3.05) is 13.2 Å². The van der Waals surface area contributed by atoms with Crippen molar-refractivity contribution in [3.63, 3.8) is 0 Å². The molecule has 4 nitrogen and oxygen atoms in total. The van der Waals surface area contributed by atoms with Gasteiger partial charge in [0, 0.05) is 17.4 Å². The summed E-state index contributed by atoms with van der Waals surface area (Å²) in [6.07, 6.45) is 1.86. The van der Waals surface area contributed by atoms with Gasteiger partial charge >= 0.3 is 0 Å². The average molecular weight is 272 g/mol. The molecule has 0 unspecified atom stereocenters. The molecule has 1 fully saturated rings. The van der Waals surface area contributed by atoms with E-state index in [1.807, 2.05) is 12.1 Å². The van der Waals surface area contributed by atoms with E-state index in [9.17, 15) is 9.90 Å². The Hall–Kier alpha value is -1.81. The third kappa shape index (κ3) is 2.00. The zero-order valence-corrected chi connectivity index (χ0v) is 11.9. The first-order valence-electron chi connectivity index (χ1n) is 7.12. The van der Waals surface area contributed by atoms with Crippen LogP contribution in [0, 0.1) is 13.8 Å². The number of nitrogens with zero attached hydrogens (tertiary/aromatic N) is 1. The lowest BCUT2D eigenvalue weighted by Crippen LogP contribution is -2.37. The summed E-state index contributed by atoms with van der Waals surface area (Å²) >= 11 is 0. The third-order valence-electron chi connectivity index (χ3n) is 4.42. The van der Waals surface area contributed by atoms with Crippen LogP contribution in [-0.2, 0) is 0 Å². The second kappa shape index (κ2) is 4.94. The van der Waals surface area contributed by atoms with E-state index in [4.69, 9.17) is 0 Å². The van der Waals surface area contributed by atoms with Crippen molar-refractivity contribution in [1.29, 1.82) is 0 Å². The van der Waals surface area contributed by atoms with Crippen molar-refractivity contribution in [2.24, 2.45) is 0 Å². The molecule has 1 aromatic heterocycles. The minimum Gasteiger partial charge on any atom is -0.394 e. The minimum absolute atomic E-state index is 0.00481. The Bertz CT molecular complexity index is 660. The van der Waals surface area contributed by atoms with E-state index in [2.05, 4.69) is 24.9 Å². The fourth-order valence-electron chi connectivity index (χ4n) is 3.02. The van der Waals surface area contributed by atoms with Gasteiger partial charge in [-0.2, -0.15) is 0 Å². The Morgan fingerprint density at radius 1 is 1.45 bits per heavy atom. The molecule has 0 saturated carbocycles. The van der Waals surface area contributed by atoms with Crippen molar-refractivity contribution in [3.05, 3.63) is 35.0 Å². The molecule has 2 heterocycles. The Kier molecular flexibility index (Phi) is 3.26. The lowest BCUT2D eigenvalue weighted by molar-refractivity contribution is 0.0672. The highest BCUT2D eigenvalue weighted by atomic mass is 16.3. The SMILES string of the molecule is Cc1ccc2[nH]c(C(=O)N3CCC[C@H]3CO)cc2c1C. The van der Waals surface area contributed by atoms with Gasteiger partial charge in [-0.15, -0.1) is 0 Å². The second-order valence-corrected chi connectivity index (χ2v) is 5.63. The van der Waals surface area contributed by atoms with Crippen LogP contribution in [0.15, 0.2) is 18.2 Å². The molecule has 2 N–H and O–H groups in total. The quantitative estimate of drug-likeness (QED) is 0.882. The topological polar surface area (TPSA) is 56.3 Å². The molecule has 0 aliphatic carbocycles. The molecule has 0 bridgehead atoms. The second-order valence-electron chi connectivity index (χ2n) is 5.63. The molecule has 1 saturated heterocycles. The molecule has 4 heteroatoms. The maximum Gasteiger partial charge on any atom is 0.270 e. The number of rotatable bonds is 2. The average Bonchev–Trinajstić information content (AvgIpc) is 3.08. The summed E-state index contributed by atoms with van der Waals surface area (Å²) in [5, 5.41) is 10.5. The van der Waals surface area contributed by atoms with E-state index in [1.54, 1.807) is 4.90 Å². The number of H-pyrrole nitrogens is 1. The molecule has 2 aromatic rings. The lowest BCUT2D eigenvalue weighted by Gasteiger charge is -2.22. The van der Waals surface area contributed by atoms with Crippen LogP contribution in [0.1, 0.15) is 34.5 Å². The fraction of sp³-hybridized carbons (Fsp3) is 0.438. The number of likely N-dealkylation sites (tertiary alicyclic amines) is 1. The largest absolute Gasteiger partial charge is 0.394 e. The van der Waals surface area contributed by atoms with Crippen LogP contribution in [0.25, 0.3) is 10.9 Å². The van der Waals surface area contributed by atoms with Gasteiger partial charge in [0.05, 0.1) is 12.6 Å². The first-order chi connectivity index (χ1) is 9.61. The number of aromatic nitrogens is 1. The van der Waals surface area contributed by atoms with Gasteiger partial charge in [-0.1, -0.05) is 6.07 Å². The number of carbonyl (C=O) groups excluding carboxylic acids is 1. The standard InChI is InChI=1S/C16H20N2O2/c1-10-5-6-14-13(11(10)2)8-15(17-14)16(20)18-7-3-4-12(18)9-19/h5-6,8,12,17,19H,3-4,7,9H2,1-2H3/t12-/m0/s1. The van der Waals surface area contributed by atoms with Gasteiger partial charge in [0.25, 0.3) is 5.91 Å². The minimum atomic E-state index is -0.0308. The van der Waals surface area contributed by atoms with Crippen LogP contribution in [0.3, 0.4) is 0 Å². The van der Waals surface area contributed by atoms with Crippen molar-refractivity contribution in [2.45, 2.75) is 32.7 Å². The highest BCUT2D eigenvalue weighted by Crippen LogP contribution is 2.25. The lowest BCUT2D eigenvalue weighted by atomic mass is 10.1. The normalized spacial score (nSPS) is 18.9. The van der Waals surface area contributed by atoms with E-state index in [0.717, 1.165) is 30.3 Å². The van der Waals surface area contributed by atoms with Crippen LogP contribution in [-0.4, -0.2) is 40.1 Å². The molecule has 1 aliphatic rings. The Labute approximate surface area is 118 Å². The maximum atomic E-state index is 12.6. The predicted octanol–water partition coefficient (Wildman–Crippen LogP) is 2.38. The van der Waals surface area contributed by atoms with E-state index >= 15 is 0 Å². The first kappa shape index (κ1) is 13.2. The molecular formula is C16H20N2O2. The predicted molar refractivity (Wildman–Crippen MR) is 78.9 cm³/mol. The number of hydrogen-bond donors (Lipinski definition) is 2. The fourth-order valence-corrected chi connectivity index (χ4v) is 3.02. The molecule has 0 spiro atoms. The molecule has 1 aliphatic heterocycles. The van der Waals surface area contributed by atoms with E-state index < -0.39 is 0 Å². The van der Waals surface area contributed by atoms with Gasteiger partial charge in [0.15, 0.2) is 0 Å². The van der Waals surface area contributed by atoms with Crippen molar-refractivity contribution in [3.8, 4) is 0 Å². The summed E-state index contributed by atoms with van der Waals surface area (Å²) in [6, 6.07) is 5.99. The summed E-state index contributed by atoms with van der Waals surface area (Å²) in [4.78, 5) is 17.6. The zero-order valence-electron chi connectivity index (χ0n) is 11.9. The highest BCUT2D eigenvalue weighted by molar-refractivity contribution is 5.99. The van der Waals surface area contributed by atoms with Crippen LogP contribution in [0.2, 0.25) is 0 Å². The smallest absolute Gasteiger partial charge is 0.270 e. The number of aliphatic hydroxyl groups is 1. The molecule has 3 rings (SSSR count). The Balaban J connectivity index is 1.98. The van der Waals surface area contributed by atoms with Crippen molar-refractivity contribution < 1.29 is 9.90 Å². The van der Waals surface area contributed by atoms with Crippen LogP contribution >= 0.6 is 0 Å². The number of hydrogen-bond acceptors (Lipinski definition) is 2. The molecule has 20 heavy (non-hydrogen) atoms. The number of amides is 1. The Morgan fingerprint density at radius 2 is 2.25 bits per heavy atom. The van der Waals surface area contributed by atoms with Crippen molar-refractivity contribution >= 4 is 16.8 Å². The van der Waals surface area contributed by atoms with E-state index in [-0.39, 0.29) is 18.6 Å². The Morgan fingerprint density at radius 3 is 3.00 bits per heavy atom. The summed E-state index contributed by atoms with van der Waals surface area (Å²) in [7, 11) is 0. The number of fused-ring (bicyclic) bond motifs is 1. The van der Waals surface area contributed by atoms with Gasteiger partial charge in [-0.05, 0) is 49.9 Å². The molecule has 106 valence electrons. The van der Waals surface area contributed by atoms with Gasteiger partial charge < -0.3 is 15.0 Å². The number of carbonyl (C=O) groups is 1. The van der Waals surface area contributed by atoms with Crippen molar-refractivity contribution in [1.82, 2.24) is 9.88 Å². The summed E-state index contributed by atoms with van der Waals surface area (Å²) in [6.45, 7) is 4.93. The summed E-state index contributed by atoms with van der Waals surface area (Å²) in [5.41, 5.74) is 4.05. The molecule has 1 aromatic carbocycles. The van der Waals surface area contributed by atoms with E-state index in [1.165, 1.54) is 11.1 Å². The molecule has 0 radical (unpaired) electrons. The van der Waals surface area contributed by atoms with Gasteiger partial charge in [0.1, 0.15) is 5.69 Å². The number of aromatic amines is 1. The first-order valence-corrected chi connectivity index (χ1v) is 7.12. The summed E-state index contributed by atoms with van der Waals surface area (Å²) < 4.78 is 0.